The second-order valence-corrected chi connectivity index (χ2v) is 12.6. The van der Waals surface area contributed by atoms with Gasteiger partial charge in [-0.3, -0.25) is 19.3 Å². The molecule has 0 spiro atoms. The molecule has 6 rings (SSSR count). The average molecular weight is 779 g/mol. The molecule has 4 aromatic rings. The minimum atomic E-state index is -0.144. The van der Waals surface area contributed by atoms with Gasteiger partial charge in [-0.2, -0.15) is 0 Å². The van der Waals surface area contributed by atoms with E-state index in [4.69, 9.17) is 69.6 Å². The molecule has 0 aliphatic carbocycles. The maximum Gasteiger partial charge on any atom is 0.252 e. The predicted molar refractivity (Wildman–Crippen MR) is 197 cm³/mol. The van der Waals surface area contributed by atoms with Gasteiger partial charge in [0.1, 0.15) is 11.6 Å². The third-order valence-electron chi connectivity index (χ3n) is 7.18. The van der Waals surface area contributed by atoms with Crippen LogP contribution < -0.4 is 26.2 Å². The van der Waals surface area contributed by atoms with Crippen molar-refractivity contribution >= 4 is 87.5 Å². The lowest BCUT2D eigenvalue weighted by atomic mass is 10.2. The zero-order valence-corrected chi connectivity index (χ0v) is 29.3. The third-order valence-corrected chi connectivity index (χ3v) is 9.53. The first-order valence-corrected chi connectivity index (χ1v) is 16.6. The molecule has 2 aromatic carbocycles. The minimum Gasteiger partial charge on any atom is -0.354 e. The largest absolute Gasteiger partial charge is 0.354 e. The lowest BCUT2D eigenvalue weighted by Gasteiger charge is -2.35. The van der Waals surface area contributed by atoms with Crippen molar-refractivity contribution in [2.24, 2.45) is 0 Å². The Bertz CT molecular complexity index is 1780. The van der Waals surface area contributed by atoms with Crippen LogP contribution in [0.3, 0.4) is 0 Å². The lowest BCUT2D eigenvalue weighted by molar-refractivity contribution is 0.112. The molecule has 0 unspecified atom stereocenters. The summed E-state index contributed by atoms with van der Waals surface area (Å²) in [6, 6.07) is 9.58. The van der Waals surface area contributed by atoms with Gasteiger partial charge < -0.3 is 25.1 Å². The summed E-state index contributed by atoms with van der Waals surface area (Å²) >= 11 is 35.4. The maximum atomic E-state index is 11.4. The number of anilines is 2. The highest BCUT2D eigenvalue weighted by atomic mass is 35.5. The molecule has 17 heteroatoms. The number of aldehydes is 1. The van der Waals surface area contributed by atoms with E-state index >= 15 is 0 Å². The fraction of sp³-hybridized carbons (Fsp3) is 0.323. The summed E-state index contributed by atoms with van der Waals surface area (Å²) in [5, 5.41) is 5.74. The van der Waals surface area contributed by atoms with Crippen LogP contribution in [0.15, 0.2) is 58.6 Å². The monoisotopic (exact) mass is 776 g/mol. The number of hydrogen-bond acceptors (Lipinski definition) is 9. The van der Waals surface area contributed by atoms with Crippen molar-refractivity contribution in [3.63, 3.8) is 0 Å². The van der Waals surface area contributed by atoms with Gasteiger partial charge in [-0.05, 0) is 24.3 Å². The van der Waals surface area contributed by atoms with Crippen molar-refractivity contribution in [3.05, 3.63) is 111 Å². The fourth-order valence-corrected chi connectivity index (χ4v) is 5.97. The SMILES string of the molecule is C.O=Cc1c(Cl)ccc(Cl)c1Cl.O=c1cc(N2CCN(Cc3c(Cl)ccc(Cl)c3Cl)CC2)nc[nH]1.O=c1cc(N2CCNCC2)nc[nH]1. The van der Waals surface area contributed by atoms with E-state index in [-0.39, 0.29) is 29.1 Å². The Kier molecular flexibility index (Phi) is 16.0. The number of halogens is 6. The lowest BCUT2D eigenvalue weighted by Crippen LogP contribution is -2.46. The van der Waals surface area contributed by atoms with Gasteiger partial charge in [0.15, 0.2) is 6.29 Å². The van der Waals surface area contributed by atoms with Crippen LogP contribution >= 0.6 is 69.6 Å². The summed E-state index contributed by atoms with van der Waals surface area (Å²) in [7, 11) is 0. The van der Waals surface area contributed by atoms with Crippen LogP contribution in [0.25, 0.3) is 0 Å². The van der Waals surface area contributed by atoms with E-state index < -0.39 is 0 Å². The van der Waals surface area contributed by atoms with Gasteiger partial charge in [-0.1, -0.05) is 77.0 Å². The number of aromatic nitrogens is 4. The summed E-state index contributed by atoms with van der Waals surface area (Å²) < 4.78 is 0. The van der Waals surface area contributed by atoms with Crippen LogP contribution in [0.2, 0.25) is 30.1 Å². The second kappa shape index (κ2) is 19.4. The quantitative estimate of drug-likeness (QED) is 0.157. The first-order chi connectivity index (χ1) is 22.6. The maximum absolute atomic E-state index is 11.4. The molecule has 0 saturated carbocycles. The van der Waals surface area contributed by atoms with E-state index in [2.05, 4.69) is 40.0 Å². The molecular weight excluding hydrogens is 745 g/mol. The van der Waals surface area contributed by atoms with Gasteiger partial charge in [-0.15, -0.1) is 0 Å². The van der Waals surface area contributed by atoms with E-state index in [0.717, 1.165) is 63.7 Å². The van der Waals surface area contributed by atoms with Gasteiger partial charge in [0.25, 0.3) is 11.1 Å². The summed E-state index contributed by atoms with van der Waals surface area (Å²) in [6.07, 6.45) is 3.45. The molecule has 48 heavy (non-hydrogen) atoms. The van der Waals surface area contributed by atoms with Crippen molar-refractivity contribution < 1.29 is 4.79 Å². The highest BCUT2D eigenvalue weighted by Crippen LogP contribution is 2.33. The minimum absolute atomic E-state index is 0. The Morgan fingerprint density at radius 3 is 1.65 bits per heavy atom. The number of benzene rings is 2. The number of carbonyl (C=O) groups is 1. The summed E-state index contributed by atoms with van der Waals surface area (Å²) in [6.45, 7) is 7.60. The van der Waals surface area contributed by atoms with Crippen LogP contribution in [0.1, 0.15) is 23.3 Å². The molecule has 0 radical (unpaired) electrons. The first-order valence-electron chi connectivity index (χ1n) is 14.3. The van der Waals surface area contributed by atoms with E-state index in [0.29, 0.717) is 43.8 Å². The molecular formula is C31H34Cl6N8O3. The number of nitrogens with one attached hydrogen (secondary N) is 3. The number of H-pyrrole nitrogens is 2. The molecule has 0 bridgehead atoms. The Morgan fingerprint density at radius 1 is 0.667 bits per heavy atom. The molecule has 2 aliphatic heterocycles. The number of rotatable bonds is 5. The zero-order chi connectivity index (χ0) is 33.9. The van der Waals surface area contributed by atoms with E-state index in [1.807, 2.05) is 0 Å². The Morgan fingerprint density at radius 2 is 1.15 bits per heavy atom. The molecule has 0 atom stereocenters. The van der Waals surface area contributed by atoms with Crippen LogP contribution in [0, 0.1) is 0 Å². The van der Waals surface area contributed by atoms with Crippen molar-refractivity contribution in [2.45, 2.75) is 14.0 Å². The topological polar surface area (TPSA) is 130 Å². The molecule has 2 saturated heterocycles. The van der Waals surface area contributed by atoms with Gasteiger partial charge in [0.2, 0.25) is 0 Å². The van der Waals surface area contributed by atoms with Gasteiger partial charge in [0.05, 0.1) is 43.3 Å². The van der Waals surface area contributed by atoms with E-state index in [9.17, 15) is 14.4 Å². The van der Waals surface area contributed by atoms with Gasteiger partial charge in [0, 0.05) is 81.6 Å². The molecule has 2 aromatic heterocycles. The fourth-order valence-electron chi connectivity index (χ4n) is 4.68. The zero-order valence-electron chi connectivity index (χ0n) is 24.8. The summed E-state index contributed by atoms with van der Waals surface area (Å²) in [5.41, 5.74) is 0.850. The van der Waals surface area contributed by atoms with E-state index in [1.54, 1.807) is 18.2 Å². The van der Waals surface area contributed by atoms with Crippen LogP contribution in [0.4, 0.5) is 11.6 Å². The highest BCUT2D eigenvalue weighted by molar-refractivity contribution is 6.45. The third kappa shape index (κ3) is 11.1. The molecule has 2 fully saturated rings. The normalized spacial score (nSPS) is 14.5. The molecule has 11 nitrogen and oxygen atoms in total. The average Bonchev–Trinajstić information content (AvgIpc) is 3.08. The molecule has 258 valence electrons. The first kappa shape index (κ1) is 39.6. The Labute approximate surface area is 308 Å². The van der Waals surface area contributed by atoms with Crippen molar-refractivity contribution in [1.29, 1.82) is 0 Å². The standard InChI is InChI=1S/C15H15Cl3N4O.C8H12N4O.C7H3Cl3O.CH4/c16-11-1-2-12(17)15(18)10(11)8-21-3-5-22(6-4-21)13-7-14(23)20-9-19-13;13-8-5-7(10-6-11-8)12-3-1-9-2-4-12;8-5-1-2-6(9)7(10)4(5)3-11;/h1-2,7,9H,3-6,8H2,(H,19,20,23);5-6,9H,1-4H2,(H,10,11,13);1-3H;1H4. The van der Waals surface area contributed by atoms with Gasteiger partial charge in [-0.25, -0.2) is 9.97 Å². The second-order valence-electron chi connectivity index (χ2n) is 10.2. The van der Waals surface area contributed by atoms with Crippen LogP contribution in [0.5, 0.6) is 0 Å². The Balaban J connectivity index is 0.000000212. The number of carbonyl (C=O) groups excluding carboxylic acids is 1. The van der Waals surface area contributed by atoms with Crippen molar-refractivity contribution in [1.82, 2.24) is 30.2 Å². The van der Waals surface area contributed by atoms with E-state index in [1.165, 1.54) is 30.9 Å². The van der Waals surface area contributed by atoms with Gasteiger partial charge >= 0.3 is 0 Å². The molecule has 3 N–H and O–H groups in total. The summed E-state index contributed by atoms with van der Waals surface area (Å²) in [5.74, 6) is 1.47. The van der Waals surface area contributed by atoms with Crippen LogP contribution in [-0.4, -0.2) is 83.5 Å². The van der Waals surface area contributed by atoms with Crippen molar-refractivity contribution in [3.8, 4) is 0 Å². The molecule has 4 heterocycles. The van der Waals surface area contributed by atoms with Crippen molar-refractivity contribution in [2.75, 3.05) is 62.2 Å². The molecule has 0 amide bonds. The smallest absolute Gasteiger partial charge is 0.252 e. The number of hydrogen-bond donors (Lipinski definition) is 3. The Hall–Kier alpha value is -2.87. The highest BCUT2D eigenvalue weighted by Gasteiger charge is 2.21. The number of piperazine rings is 2. The van der Waals surface area contributed by atoms with Crippen LogP contribution in [-0.2, 0) is 6.54 Å². The number of nitrogens with zero attached hydrogens (tertiary/aromatic N) is 5. The predicted octanol–water partition coefficient (Wildman–Crippen LogP) is 6.33. The number of aromatic amines is 2. The molecule has 2 aliphatic rings. The summed E-state index contributed by atoms with van der Waals surface area (Å²) in [4.78, 5) is 52.5.